The molecule has 0 aromatic heterocycles. The summed E-state index contributed by atoms with van der Waals surface area (Å²) < 4.78 is 35.0. The van der Waals surface area contributed by atoms with Crippen LogP contribution >= 0.6 is 35.6 Å². The van der Waals surface area contributed by atoms with Crippen LogP contribution in [0.2, 0.25) is 5.02 Å². The number of halogens is 4. The Morgan fingerprint density at radius 2 is 2.03 bits per heavy atom. The van der Waals surface area contributed by atoms with Crippen molar-refractivity contribution < 1.29 is 18.3 Å². The predicted molar refractivity (Wildman–Crippen MR) is 123 cm³/mol. The smallest absolute Gasteiger partial charge is 0.387 e. The van der Waals surface area contributed by atoms with Gasteiger partial charge in [0.05, 0.1) is 19.8 Å². The van der Waals surface area contributed by atoms with Crippen LogP contribution in [0.4, 0.5) is 8.78 Å². The van der Waals surface area contributed by atoms with Crippen molar-refractivity contribution in [3.05, 3.63) is 28.8 Å². The number of unbranched alkanes of at least 4 members (excludes halogenated alkanes) is 1. The highest BCUT2D eigenvalue weighted by Crippen LogP contribution is 2.25. The molecule has 1 aromatic carbocycles. The predicted octanol–water partition coefficient (Wildman–Crippen LogP) is 3.73. The Kier molecular flexibility index (Phi) is 13.5. The third kappa shape index (κ3) is 10.6. The second-order valence-electron chi connectivity index (χ2n) is 6.41. The number of nitrogens with one attached hydrogen (secondary N) is 2. The van der Waals surface area contributed by atoms with Gasteiger partial charge in [-0.05, 0) is 44.5 Å². The summed E-state index contributed by atoms with van der Waals surface area (Å²) in [5.74, 6) is 0.723. The van der Waals surface area contributed by atoms with Crippen molar-refractivity contribution in [3.63, 3.8) is 0 Å². The summed E-state index contributed by atoms with van der Waals surface area (Å²) >= 11 is 5.98. The van der Waals surface area contributed by atoms with Crippen molar-refractivity contribution in [1.29, 1.82) is 0 Å². The molecule has 1 saturated heterocycles. The standard InChI is InChI=1S/C19H29ClF2N4O2.HI/c1-2-23-19(24-7-3-4-8-26-9-11-27-12-10-26)25-14-15-13-16(20)5-6-17(15)28-18(21)22;/h5-6,13,18H,2-4,7-12,14H2,1H3,(H2,23,24,25);1H. The lowest BCUT2D eigenvalue weighted by molar-refractivity contribution is -0.0504. The maximum Gasteiger partial charge on any atom is 0.387 e. The molecule has 1 aromatic rings. The zero-order valence-electron chi connectivity index (χ0n) is 16.6. The first-order valence-corrected chi connectivity index (χ1v) is 10.0. The number of aliphatic imine (C=N–C) groups is 1. The number of alkyl halides is 2. The molecule has 1 fully saturated rings. The minimum Gasteiger partial charge on any atom is -0.434 e. The fourth-order valence-electron chi connectivity index (χ4n) is 2.88. The highest BCUT2D eigenvalue weighted by atomic mass is 127. The third-order valence-electron chi connectivity index (χ3n) is 4.29. The van der Waals surface area contributed by atoms with Crippen molar-refractivity contribution in [3.8, 4) is 5.75 Å². The molecule has 1 heterocycles. The molecule has 0 spiro atoms. The lowest BCUT2D eigenvalue weighted by Gasteiger charge is -2.26. The van der Waals surface area contributed by atoms with Crippen molar-refractivity contribution >= 4 is 41.5 Å². The molecule has 10 heteroatoms. The van der Waals surface area contributed by atoms with E-state index in [0.29, 0.717) is 23.1 Å². The van der Waals surface area contributed by atoms with Gasteiger partial charge in [-0.25, -0.2) is 4.99 Å². The maximum absolute atomic E-state index is 12.6. The first kappa shape index (κ1) is 26.1. The van der Waals surface area contributed by atoms with Gasteiger partial charge in [0.2, 0.25) is 0 Å². The van der Waals surface area contributed by atoms with E-state index in [1.54, 1.807) is 6.07 Å². The molecule has 0 aliphatic carbocycles. The van der Waals surface area contributed by atoms with E-state index >= 15 is 0 Å². The first-order valence-electron chi connectivity index (χ1n) is 9.64. The molecule has 166 valence electrons. The summed E-state index contributed by atoms with van der Waals surface area (Å²) in [6.45, 7) is 5.46. The average molecular weight is 547 g/mol. The van der Waals surface area contributed by atoms with Gasteiger partial charge >= 0.3 is 6.61 Å². The molecule has 0 radical (unpaired) electrons. The molecule has 2 N–H and O–H groups in total. The van der Waals surface area contributed by atoms with E-state index in [0.717, 1.165) is 52.2 Å². The van der Waals surface area contributed by atoms with Crippen LogP contribution in [0, 0.1) is 0 Å². The van der Waals surface area contributed by atoms with Gasteiger partial charge in [0.15, 0.2) is 5.96 Å². The summed E-state index contributed by atoms with van der Waals surface area (Å²) in [4.78, 5) is 6.87. The zero-order chi connectivity index (χ0) is 20.2. The highest BCUT2D eigenvalue weighted by molar-refractivity contribution is 14.0. The number of morpholine rings is 1. The van der Waals surface area contributed by atoms with E-state index in [9.17, 15) is 8.78 Å². The summed E-state index contributed by atoms with van der Waals surface area (Å²) in [5.41, 5.74) is 0.511. The third-order valence-corrected chi connectivity index (χ3v) is 4.52. The maximum atomic E-state index is 12.6. The Morgan fingerprint density at radius 3 is 2.72 bits per heavy atom. The van der Waals surface area contributed by atoms with Crippen molar-refractivity contribution in [2.75, 3.05) is 45.9 Å². The Morgan fingerprint density at radius 1 is 1.28 bits per heavy atom. The number of hydrogen-bond donors (Lipinski definition) is 2. The van der Waals surface area contributed by atoms with Crippen molar-refractivity contribution in [2.45, 2.75) is 32.9 Å². The number of guanidine groups is 1. The van der Waals surface area contributed by atoms with E-state index in [1.165, 1.54) is 12.1 Å². The molecule has 2 rings (SSSR count). The highest BCUT2D eigenvalue weighted by Gasteiger charge is 2.11. The van der Waals surface area contributed by atoms with E-state index in [2.05, 4.69) is 25.3 Å². The van der Waals surface area contributed by atoms with Gasteiger partial charge in [-0.15, -0.1) is 24.0 Å². The summed E-state index contributed by atoms with van der Waals surface area (Å²) in [7, 11) is 0. The largest absolute Gasteiger partial charge is 0.434 e. The molecule has 0 amide bonds. The fraction of sp³-hybridized carbons (Fsp3) is 0.632. The van der Waals surface area contributed by atoms with E-state index in [4.69, 9.17) is 16.3 Å². The number of benzene rings is 1. The normalized spacial score (nSPS) is 15.1. The van der Waals surface area contributed by atoms with Gasteiger partial charge in [-0.3, -0.25) is 4.90 Å². The Bertz CT molecular complexity index is 620. The summed E-state index contributed by atoms with van der Waals surface area (Å²) in [6, 6.07) is 4.55. The minimum atomic E-state index is -2.89. The van der Waals surface area contributed by atoms with E-state index in [1.807, 2.05) is 6.92 Å². The van der Waals surface area contributed by atoms with Crippen LogP contribution in [-0.2, 0) is 11.3 Å². The van der Waals surface area contributed by atoms with Crippen LogP contribution in [-0.4, -0.2) is 63.4 Å². The second-order valence-corrected chi connectivity index (χ2v) is 6.85. The number of rotatable bonds is 10. The molecule has 6 nitrogen and oxygen atoms in total. The Hall–Kier alpha value is -0.910. The SMILES string of the molecule is CCNC(=NCc1cc(Cl)ccc1OC(F)F)NCCCCN1CCOCC1.I. The summed E-state index contributed by atoms with van der Waals surface area (Å²) in [5, 5.41) is 6.89. The van der Waals surface area contributed by atoms with E-state index in [-0.39, 0.29) is 36.3 Å². The van der Waals surface area contributed by atoms with Crippen LogP contribution in [0.25, 0.3) is 0 Å². The topological polar surface area (TPSA) is 58.1 Å². The summed E-state index contributed by atoms with van der Waals surface area (Å²) in [6.07, 6.45) is 2.10. The van der Waals surface area contributed by atoms with Gasteiger partial charge in [0, 0.05) is 36.8 Å². The lowest BCUT2D eigenvalue weighted by Crippen LogP contribution is -2.39. The molecular weight excluding hydrogens is 517 g/mol. The lowest BCUT2D eigenvalue weighted by atomic mass is 10.2. The van der Waals surface area contributed by atoms with Crippen LogP contribution in [0.5, 0.6) is 5.75 Å². The number of hydrogen-bond acceptors (Lipinski definition) is 4. The molecule has 1 aliphatic heterocycles. The molecule has 0 bridgehead atoms. The van der Waals surface area contributed by atoms with Gasteiger partial charge in [-0.2, -0.15) is 8.78 Å². The zero-order valence-corrected chi connectivity index (χ0v) is 19.7. The first-order chi connectivity index (χ1) is 13.6. The Balaban J connectivity index is 0.00000420. The minimum absolute atomic E-state index is 0. The molecule has 0 unspecified atom stereocenters. The Labute approximate surface area is 193 Å². The van der Waals surface area contributed by atoms with Crippen LogP contribution < -0.4 is 15.4 Å². The van der Waals surface area contributed by atoms with Crippen LogP contribution in [0.1, 0.15) is 25.3 Å². The van der Waals surface area contributed by atoms with Gasteiger partial charge in [-0.1, -0.05) is 11.6 Å². The molecule has 1 aliphatic rings. The molecule has 0 saturated carbocycles. The fourth-order valence-corrected chi connectivity index (χ4v) is 3.08. The molecular formula is C19H30ClF2IN4O2. The quantitative estimate of drug-likeness (QED) is 0.203. The number of nitrogens with zero attached hydrogens (tertiary/aromatic N) is 2. The van der Waals surface area contributed by atoms with E-state index < -0.39 is 6.61 Å². The van der Waals surface area contributed by atoms with Crippen molar-refractivity contribution in [2.24, 2.45) is 4.99 Å². The van der Waals surface area contributed by atoms with Gasteiger partial charge in [0.25, 0.3) is 0 Å². The van der Waals surface area contributed by atoms with Crippen LogP contribution in [0.15, 0.2) is 23.2 Å². The monoisotopic (exact) mass is 546 g/mol. The van der Waals surface area contributed by atoms with Crippen molar-refractivity contribution in [1.82, 2.24) is 15.5 Å². The molecule has 0 atom stereocenters. The molecule has 29 heavy (non-hydrogen) atoms. The average Bonchev–Trinajstić information content (AvgIpc) is 2.68. The number of ether oxygens (including phenoxy) is 2. The van der Waals surface area contributed by atoms with Crippen LogP contribution in [0.3, 0.4) is 0 Å². The van der Waals surface area contributed by atoms with Gasteiger partial charge in [0.1, 0.15) is 5.75 Å². The second kappa shape index (κ2) is 15.0. The van der Waals surface area contributed by atoms with Gasteiger partial charge < -0.3 is 20.1 Å².